The topological polar surface area (TPSA) is 311 Å². The number of H-pyrrole nitrogens is 1. The summed E-state index contributed by atoms with van der Waals surface area (Å²) in [5, 5.41) is 25.2. The number of nitrogens with one attached hydrogen (secondary N) is 7. The van der Waals surface area contributed by atoms with Crippen molar-refractivity contribution in [1.29, 1.82) is 0 Å². The minimum Gasteiger partial charge on any atom is -0.480 e. The Labute approximate surface area is 374 Å². The lowest BCUT2D eigenvalue weighted by Crippen LogP contribution is -2.58. The number of likely N-dealkylation sites (tertiary alicyclic amines) is 1. The van der Waals surface area contributed by atoms with E-state index in [1.54, 1.807) is 6.20 Å². The van der Waals surface area contributed by atoms with Crippen LogP contribution >= 0.6 is 7.37 Å². The lowest BCUT2D eigenvalue weighted by Gasteiger charge is -2.31. The van der Waals surface area contributed by atoms with Gasteiger partial charge in [0.2, 0.25) is 48.7 Å². The molecule has 21 heteroatoms. The monoisotopic (exact) mass is 917 g/mol. The van der Waals surface area contributed by atoms with Gasteiger partial charge in [0.25, 0.3) is 0 Å². The van der Waals surface area contributed by atoms with Crippen LogP contribution in [0.3, 0.4) is 0 Å². The Morgan fingerprint density at radius 1 is 0.797 bits per heavy atom. The van der Waals surface area contributed by atoms with Crippen LogP contribution in [0.1, 0.15) is 86.1 Å². The zero-order valence-electron chi connectivity index (χ0n) is 37.9. The molecule has 0 radical (unpaired) electrons. The Morgan fingerprint density at radius 2 is 1.41 bits per heavy atom. The number of hydrogen-bond donors (Lipinski definition) is 10. The van der Waals surface area contributed by atoms with Crippen LogP contribution in [0.4, 0.5) is 0 Å². The maximum Gasteiger partial charge on any atom is 0.322 e. The maximum atomic E-state index is 14.4. The molecule has 0 saturated carbocycles. The van der Waals surface area contributed by atoms with Crippen LogP contribution in [-0.4, -0.2) is 129 Å². The van der Waals surface area contributed by atoms with Crippen LogP contribution in [-0.2, 0) is 49.3 Å². The highest BCUT2D eigenvalue weighted by atomic mass is 31.2. The van der Waals surface area contributed by atoms with E-state index in [4.69, 9.17) is 10.8 Å². The molecule has 1 saturated heterocycles. The third kappa shape index (κ3) is 16.7. The van der Waals surface area contributed by atoms with E-state index in [-0.39, 0.29) is 56.5 Å². The smallest absolute Gasteiger partial charge is 0.322 e. The van der Waals surface area contributed by atoms with Crippen LogP contribution in [0.2, 0.25) is 0 Å². The van der Waals surface area contributed by atoms with Crippen LogP contribution in [0, 0.1) is 23.7 Å². The molecule has 1 fully saturated rings. The summed E-state index contributed by atoms with van der Waals surface area (Å²) in [6.45, 7) is 11.7. The maximum absolute atomic E-state index is 14.4. The summed E-state index contributed by atoms with van der Waals surface area (Å²) in [5.41, 5.74) is 6.84. The van der Waals surface area contributed by atoms with Gasteiger partial charge in [-0.25, -0.2) is 0 Å². The minimum atomic E-state index is -4.29. The molecule has 0 aliphatic carbocycles. The number of benzene rings is 1. The Kier molecular flexibility index (Phi) is 20.4. The molecule has 1 aliphatic heterocycles. The molecule has 64 heavy (non-hydrogen) atoms. The van der Waals surface area contributed by atoms with Crippen molar-refractivity contribution in [2.75, 3.05) is 32.1 Å². The number of aliphatic carboxylic acids is 1. The van der Waals surface area contributed by atoms with Crippen LogP contribution in [0.5, 0.6) is 0 Å². The number of carbonyl (C=O) groups excluding carboxylic acids is 7. The number of carbonyl (C=O) groups is 8. The van der Waals surface area contributed by atoms with E-state index in [0.29, 0.717) is 18.4 Å². The highest BCUT2D eigenvalue weighted by Gasteiger charge is 2.40. The molecule has 356 valence electrons. The first-order valence-corrected chi connectivity index (χ1v) is 23.9. The van der Waals surface area contributed by atoms with Gasteiger partial charge < -0.3 is 57.5 Å². The number of nitrogens with zero attached hydrogens (tertiary/aromatic N) is 1. The fraction of sp³-hybridized carbons (Fsp3) is 0.628. The van der Waals surface area contributed by atoms with E-state index in [1.807, 2.05) is 65.8 Å². The second-order valence-electron chi connectivity index (χ2n) is 17.9. The molecule has 20 nitrogen and oxygen atoms in total. The first-order valence-electron chi connectivity index (χ1n) is 21.9. The van der Waals surface area contributed by atoms with Crippen molar-refractivity contribution < 1.29 is 52.9 Å². The minimum absolute atomic E-state index is 0.0153. The van der Waals surface area contributed by atoms with Crippen LogP contribution in [0.25, 0.3) is 10.9 Å². The molecule has 1 aromatic carbocycles. The van der Waals surface area contributed by atoms with Crippen molar-refractivity contribution in [3.05, 3.63) is 36.0 Å². The molecule has 7 atom stereocenters. The predicted octanol–water partition coefficient (Wildman–Crippen LogP) is 0.919. The standard InChI is InChI=1S/C43H68N9O11P/c1-24(2)15-29(22-64(62,63)23-47-38(56)27(7)48-40(58)32(16-25(3)4)49-36(53)19-44)39(57)50-33(18-28-20-45-31-12-9-8-11-30(28)31)41(59)51-34(17-26(5)6)43(61)52-14-10-13-35(52)42(60)46-21-37(54)55/h8-9,11-12,20,24-27,29,32-35,45H,10,13-19,21-23,44H2,1-7H3,(H,46,60)(H,47,56)(H,48,58)(H,49,53)(H,50,57)(H,51,59)(H,54,55)(H,62,63)/t27-,29+,32-,33-,34-,35-/m0/s1. The lowest BCUT2D eigenvalue weighted by atomic mass is 9.96. The number of para-hydroxylation sites is 1. The fourth-order valence-corrected chi connectivity index (χ4v) is 9.24. The van der Waals surface area contributed by atoms with Gasteiger partial charge in [0, 0.05) is 42.1 Å². The van der Waals surface area contributed by atoms with Gasteiger partial charge in [0.15, 0.2) is 0 Å². The molecule has 0 spiro atoms. The number of hydrogen-bond acceptors (Lipinski definition) is 10. The Balaban J connectivity index is 1.83. The number of aromatic amines is 1. The Hall–Kier alpha value is -5.33. The molecule has 3 rings (SSSR count). The van der Waals surface area contributed by atoms with E-state index in [2.05, 4.69) is 36.9 Å². The highest BCUT2D eigenvalue weighted by Crippen LogP contribution is 2.42. The summed E-state index contributed by atoms with van der Waals surface area (Å²) in [6.07, 6.45) is 1.77. The third-order valence-electron chi connectivity index (χ3n) is 10.7. The van der Waals surface area contributed by atoms with E-state index >= 15 is 0 Å². The largest absolute Gasteiger partial charge is 0.480 e. The zero-order chi connectivity index (χ0) is 47.9. The Morgan fingerprint density at radius 3 is 2.03 bits per heavy atom. The van der Waals surface area contributed by atoms with Gasteiger partial charge in [-0.15, -0.1) is 0 Å². The van der Waals surface area contributed by atoms with Crippen molar-refractivity contribution in [2.24, 2.45) is 29.4 Å². The first kappa shape index (κ1) is 53.0. The predicted molar refractivity (Wildman–Crippen MR) is 239 cm³/mol. The van der Waals surface area contributed by atoms with E-state index in [1.165, 1.54) is 11.8 Å². The summed E-state index contributed by atoms with van der Waals surface area (Å²) in [6, 6.07) is 1.89. The number of carboxylic acid groups (broad SMARTS) is 1. The second-order valence-corrected chi connectivity index (χ2v) is 20.2. The average Bonchev–Trinajstić information content (AvgIpc) is 3.88. The third-order valence-corrected chi connectivity index (χ3v) is 12.4. The van der Waals surface area contributed by atoms with Crippen molar-refractivity contribution >= 4 is 65.6 Å². The molecule has 1 aliphatic rings. The molecule has 11 N–H and O–H groups in total. The van der Waals surface area contributed by atoms with Crippen molar-refractivity contribution in [3.63, 3.8) is 0 Å². The van der Waals surface area contributed by atoms with Crippen LogP contribution in [0.15, 0.2) is 30.5 Å². The molecule has 1 unspecified atom stereocenters. The van der Waals surface area contributed by atoms with Gasteiger partial charge in [-0.2, -0.15) is 0 Å². The van der Waals surface area contributed by atoms with Gasteiger partial charge >= 0.3 is 5.97 Å². The van der Waals surface area contributed by atoms with Gasteiger partial charge in [-0.1, -0.05) is 59.7 Å². The number of amides is 7. The summed E-state index contributed by atoms with van der Waals surface area (Å²) >= 11 is 0. The van der Waals surface area contributed by atoms with E-state index < -0.39 is 110 Å². The second kappa shape index (κ2) is 24.7. The van der Waals surface area contributed by atoms with Gasteiger partial charge in [0.1, 0.15) is 36.8 Å². The zero-order valence-corrected chi connectivity index (χ0v) is 38.8. The van der Waals surface area contributed by atoms with Gasteiger partial charge in [-0.05, 0) is 68.4 Å². The molecule has 7 amide bonds. The van der Waals surface area contributed by atoms with Crippen molar-refractivity contribution in [3.8, 4) is 0 Å². The summed E-state index contributed by atoms with van der Waals surface area (Å²) < 4.78 is 13.7. The molecule has 0 bridgehead atoms. The van der Waals surface area contributed by atoms with Crippen molar-refractivity contribution in [1.82, 2.24) is 41.8 Å². The normalized spacial score (nSPS) is 17.2. The van der Waals surface area contributed by atoms with E-state index in [0.717, 1.165) is 10.9 Å². The number of nitrogens with two attached hydrogens (primary N) is 1. The first-order chi connectivity index (χ1) is 30.0. The highest BCUT2D eigenvalue weighted by molar-refractivity contribution is 7.58. The van der Waals surface area contributed by atoms with E-state index in [9.17, 15) is 47.8 Å². The summed E-state index contributed by atoms with van der Waals surface area (Å²) in [5.74, 6) is -7.09. The quantitative estimate of drug-likeness (QED) is 0.0622. The molecular weight excluding hydrogens is 849 g/mol. The lowest BCUT2D eigenvalue weighted by molar-refractivity contribution is -0.143. The SMILES string of the molecule is CC(C)C[C@H](CP(=O)(O)CNC(=O)[C@H](C)NC(=O)[C@H](CC(C)C)NC(=O)CN)C(=O)N[C@@H](Cc1c[nH]c2ccccc12)C(=O)N[C@@H](CC(C)C)C(=O)N1CCC[C@H]1C(=O)NCC(=O)O. The van der Waals surface area contributed by atoms with Crippen LogP contribution < -0.4 is 37.6 Å². The number of rotatable bonds is 25. The summed E-state index contributed by atoms with van der Waals surface area (Å²) in [4.78, 5) is 120. The molecule has 2 aromatic rings. The molecular formula is C43H68N9O11P. The number of aromatic nitrogens is 1. The van der Waals surface area contributed by atoms with Crippen molar-refractivity contribution in [2.45, 2.75) is 117 Å². The molecule has 1 aromatic heterocycles. The fourth-order valence-electron chi connectivity index (χ4n) is 7.70. The Bertz CT molecular complexity index is 2020. The summed E-state index contributed by atoms with van der Waals surface area (Å²) in [7, 11) is -4.29. The average molecular weight is 918 g/mol. The molecule has 2 heterocycles. The van der Waals surface area contributed by atoms with Gasteiger partial charge in [0.05, 0.1) is 12.8 Å². The number of carboxylic acids is 1. The van der Waals surface area contributed by atoms with Gasteiger partial charge in [-0.3, -0.25) is 42.9 Å². The number of fused-ring (bicyclic) bond motifs is 1.